The molecule has 0 spiro atoms. The Morgan fingerprint density at radius 1 is 0.375 bits per heavy atom. The first-order chi connectivity index (χ1) is 23.8. The molecule has 48 heavy (non-hydrogen) atoms. The summed E-state index contributed by atoms with van der Waals surface area (Å²) in [7, 11) is 0. The topological polar surface area (TPSA) is 70.0 Å². The molecule has 230 valence electrons. The molecule has 0 fully saturated rings. The summed E-state index contributed by atoms with van der Waals surface area (Å²) in [5.41, 5.74) is 5.48. The van der Waals surface area contributed by atoms with Gasteiger partial charge in [-0.2, -0.15) is 0 Å². The summed E-state index contributed by atoms with van der Waals surface area (Å²) < 4.78 is 13.4. The van der Waals surface area contributed by atoms with Gasteiger partial charge in [-0.25, -0.2) is 9.97 Å². The molecule has 0 atom stereocenters. The normalized spacial score (nSPS) is 11.1. The highest BCUT2D eigenvalue weighted by atomic mass is 16.5. The quantitative estimate of drug-likeness (QED) is 0.160. The van der Waals surface area contributed by atoms with E-state index in [4.69, 9.17) is 19.4 Å². The molecule has 6 heteroatoms. The SMILES string of the molecule is c1ccc(Cc2cccc(Oc3ccc4ccccc4c3-c3c(Oc4cccc(Cc5ccccn5)n4)ccc4ccccc34)n2)nc1. The molecule has 0 radical (unpaired) electrons. The highest BCUT2D eigenvalue weighted by molar-refractivity contribution is 6.09. The lowest BCUT2D eigenvalue weighted by molar-refractivity contribution is 0.457. The maximum absolute atomic E-state index is 6.68. The van der Waals surface area contributed by atoms with Crippen LogP contribution < -0.4 is 9.47 Å². The van der Waals surface area contributed by atoms with Crippen molar-refractivity contribution in [2.75, 3.05) is 0 Å². The van der Waals surface area contributed by atoms with Crippen LogP contribution in [-0.4, -0.2) is 19.9 Å². The molecular formula is C42H30N4O2. The summed E-state index contributed by atoms with van der Waals surface area (Å²) in [5.74, 6) is 2.36. The van der Waals surface area contributed by atoms with Gasteiger partial charge in [0.1, 0.15) is 11.5 Å². The fourth-order valence-corrected chi connectivity index (χ4v) is 6.02. The Morgan fingerprint density at radius 3 is 1.27 bits per heavy atom. The summed E-state index contributed by atoms with van der Waals surface area (Å²) in [6, 6.07) is 48.4. The molecule has 0 bridgehead atoms. The van der Waals surface area contributed by atoms with E-state index >= 15 is 0 Å². The Bertz CT molecular complexity index is 2190. The van der Waals surface area contributed by atoms with Gasteiger partial charge < -0.3 is 9.47 Å². The molecule has 4 heterocycles. The van der Waals surface area contributed by atoms with Crippen molar-refractivity contribution in [1.82, 2.24) is 19.9 Å². The molecule has 4 aromatic heterocycles. The van der Waals surface area contributed by atoms with Crippen molar-refractivity contribution in [2.24, 2.45) is 0 Å². The van der Waals surface area contributed by atoms with Crippen LogP contribution in [0.2, 0.25) is 0 Å². The zero-order valence-electron chi connectivity index (χ0n) is 26.0. The van der Waals surface area contributed by atoms with E-state index < -0.39 is 0 Å². The average molecular weight is 623 g/mol. The molecule has 0 aliphatic rings. The number of hydrogen-bond acceptors (Lipinski definition) is 6. The number of pyridine rings is 4. The van der Waals surface area contributed by atoms with E-state index in [2.05, 4.69) is 58.5 Å². The predicted octanol–water partition coefficient (Wildman–Crippen LogP) is 10.0. The zero-order valence-corrected chi connectivity index (χ0v) is 26.0. The van der Waals surface area contributed by atoms with Gasteiger partial charge in [-0.3, -0.25) is 9.97 Å². The summed E-state index contributed by atoms with van der Waals surface area (Å²) in [4.78, 5) is 18.7. The molecule has 8 rings (SSSR count). The molecule has 0 saturated heterocycles. The minimum absolute atomic E-state index is 0.506. The molecule has 4 aromatic carbocycles. The van der Waals surface area contributed by atoms with Crippen molar-refractivity contribution in [3.63, 3.8) is 0 Å². The van der Waals surface area contributed by atoms with Gasteiger partial charge in [0.25, 0.3) is 0 Å². The van der Waals surface area contributed by atoms with Gasteiger partial charge in [-0.05, 0) is 70.1 Å². The van der Waals surface area contributed by atoms with Crippen LogP contribution in [-0.2, 0) is 12.8 Å². The monoisotopic (exact) mass is 622 g/mol. The minimum atomic E-state index is 0.506. The van der Waals surface area contributed by atoms with Crippen molar-refractivity contribution < 1.29 is 9.47 Å². The van der Waals surface area contributed by atoms with E-state index in [0.29, 0.717) is 36.1 Å². The zero-order chi connectivity index (χ0) is 32.1. The van der Waals surface area contributed by atoms with Crippen LogP contribution in [0.15, 0.2) is 158 Å². The Balaban J connectivity index is 1.24. The van der Waals surface area contributed by atoms with E-state index in [1.807, 2.05) is 97.1 Å². The molecule has 0 saturated carbocycles. The second-order valence-electron chi connectivity index (χ2n) is 11.5. The Labute approximate surface area is 278 Å². The molecule has 0 aliphatic carbocycles. The fraction of sp³-hybridized carbons (Fsp3) is 0.0476. The lowest BCUT2D eigenvalue weighted by Crippen LogP contribution is -1.99. The van der Waals surface area contributed by atoms with Gasteiger partial charge >= 0.3 is 0 Å². The Hall–Kier alpha value is -6.40. The van der Waals surface area contributed by atoms with Crippen LogP contribution in [0.4, 0.5) is 0 Å². The summed E-state index contributed by atoms with van der Waals surface area (Å²) in [5, 5.41) is 4.26. The number of rotatable bonds is 9. The second-order valence-corrected chi connectivity index (χ2v) is 11.5. The summed E-state index contributed by atoms with van der Waals surface area (Å²) >= 11 is 0. The first-order valence-electron chi connectivity index (χ1n) is 15.9. The van der Waals surface area contributed by atoms with Crippen molar-refractivity contribution >= 4 is 21.5 Å². The largest absolute Gasteiger partial charge is 0.438 e. The van der Waals surface area contributed by atoms with Gasteiger partial charge in [-0.15, -0.1) is 0 Å². The van der Waals surface area contributed by atoms with Crippen LogP contribution in [0.3, 0.4) is 0 Å². The van der Waals surface area contributed by atoms with Gasteiger partial charge in [-0.1, -0.05) is 84.9 Å². The van der Waals surface area contributed by atoms with Crippen LogP contribution in [0.5, 0.6) is 23.3 Å². The molecule has 0 N–H and O–H groups in total. The van der Waals surface area contributed by atoms with Crippen molar-refractivity contribution in [2.45, 2.75) is 12.8 Å². The predicted molar refractivity (Wildman–Crippen MR) is 190 cm³/mol. The molecule has 6 nitrogen and oxygen atoms in total. The Morgan fingerprint density at radius 2 is 0.812 bits per heavy atom. The summed E-state index contributed by atoms with van der Waals surface area (Å²) in [6.07, 6.45) is 4.81. The lowest BCUT2D eigenvalue weighted by Gasteiger charge is -2.19. The van der Waals surface area contributed by atoms with Crippen LogP contribution >= 0.6 is 0 Å². The van der Waals surface area contributed by atoms with Gasteiger partial charge in [0.15, 0.2) is 0 Å². The van der Waals surface area contributed by atoms with E-state index in [1.54, 1.807) is 12.4 Å². The number of aromatic nitrogens is 4. The molecule has 0 amide bonds. The summed E-state index contributed by atoms with van der Waals surface area (Å²) in [6.45, 7) is 0. The maximum atomic E-state index is 6.68. The Kier molecular flexibility index (Phi) is 7.95. The van der Waals surface area contributed by atoms with Crippen molar-refractivity contribution in [3.8, 4) is 34.4 Å². The number of ether oxygens (including phenoxy) is 2. The first kappa shape index (κ1) is 29.0. The van der Waals surface area contributed by atoms with E-state index in [0.717, 1.165) is 55.4 Å². The first-order valence-corrected chi connectivity index (χ1v) is 15.9. The molecule has 0 unspecified atom stereocenters. The lowest BCUT2D eigenvalue weighted by atomic mass is 9.92. The van der Waals surface area contributed by atoms with Crippen molar-refractivity contribution in [3.05, 3.63) is 181 Å². The second kappa shape index (κ2) is 13.1. The van der Waals surface area contributed by atoms with E-state index in [9.17, 15) is 0 Å². The smallest absolute Gasteiger partial charge is 0.219 e. The number of nitrogens with zero attached hydrogens (tertiary/aromatic N) is 4. The van der Waals surface area contributed by atoms with Gasteiger partial charge in [0, 0.05) is 59.9 Å². The maximum Gasteiger partial charge on any atom is 0.219 e. The average Bonchev–Trinajstić information content (AvgIpc) is 3.13. The van der Waals surface area contributed by atoms with E-state index in [-0.39, 0.29) is 0 Å². The number of hydrogen-bond donors (Lipinski definition) is 0. The van der Waals surface area contributed by atoms with Gasteiger partial charge in [0.2, 0.25) is 11.8 Å². The third-order valence-corrected chi connectivity index (χ3v) is 8.20. The van der Waals surface area contributed by atoms with Gasteiger partial charge in [0.05, 0.1) is 11.4 Å². The number of fused-ring (bicyclic) bond motifs is 2. The third kappa shape index (κ3) is 6.19. The van der Waals surface area contributed by atoms with Crippen LogP contribution in [0.25, 0.3) is 32.7 Å². The third-order valence-electron chi connectivity index (χ3n) is 8.20. The highest BCUT2D eigenvalue weighted by Crippen LogP contribution is 2.47. The number of benzene rings is 4. The highest BCUT2D eigenvalue weighted by Gasteiger charge is 2.21. The molecule has 8 aromatic rings. The van der Waals surface area contributed by atoms with Crippen LogP contribution in [0, 0.1) is 0 Å². The van der Waals surface area contributed by atoms with Crippen LogP contribution in [0.1, 0.15) is 22.8 Å². The van der Waals surface area contributed by atoms with E-state index in [1.165, 1.54) is 0 Å². The fourth-order valence-electron chi connectivity index (χ4n) is 6.02. The molecule has 0 aliphatic heterocycles. The molecular weight excluding hydrogens is 592 g/mol. The minimum Gasteiger partial charge on any atom is -0.438 e. The standard InChI is InChI=1S/C42H30N4O2/c1-3-17-35-29(11-1)21-23-37(47-39-19-9-15-33(45-39)27-31-13-5-7-25-43-31)41(35)42-36-18-4-2-12-30(36)22-24-38(42)48-40-20-10-16-34(46-40)28-32-14-6-8-26-44-32/h1-26H,27-28H2. The van der Waals surface area contributed by atoms with Crippen molar-refractivity contribution in [1.29, 1.82) is 0 Å².